The highest BCUT2D eigenvalue weighted by Gasteiger charge is 2.09. The molecule has 0 aromatic heterocycles. The molecule has 0 atom stereocenters. The maximum absolute atomic E-state index is 13.7. The Morgan fingerprint density at radius 1 is 1.08 bits per heavy atom. The van der Waals surface area contributed by atoms with Crippen LogP contribution in [0.3, 0.4) is 0 Å². The molecule has 0 unspecified atom stereocenters. The zero-order valence-electron chi connectivity index (χ0n) is 14.1. The van der Waals surface area contributed by atoms with E-state index in [1.54, 1.807) is 24.3 Å². The number of carbonyl (C=O) groups excluding carboxylic acids is 1. The predicted molar refractivity (Wildman–Crippen MR) is 97.3 cm³/mol. The maximum atomic E-state index is 13.7. The lowest BCUT2D eigenvalue weighted by Gasteiger charge is -2.13. The Bertz CT molecular complexity index is 740. The van der Waals surface area contributed by atoms with Crippen molar-refractivity contribution in [2.75, 3.05) is 30.4 Å². The van der Waals surface area contributed by atoms with Crippen molar-refractivity contribution < 1.29 is 18.7 Å². The first-order valence-corrected chi connectivity index (χ1v) is 8.29. The van der Waals surface area contributed by atoms with Gasteiger partial charge in [-0.25, -0.2) is 4.39 Å². The van der Waals surface area contributed by atoms with Crippen LogP contribution in [0.1, 0.15) is 13.8 Å². The lowest BCUT2D eigenvalue weighted by atomic mass is 10.2. The van der Waals surface area contributed by atoms with Gasteiger partial charge in [-0.05, 0) is 44.2 Å². The standard InChI is InChI=1S/C18H20ClFN2O3/c1-3-24-16-8-6-13(10-17(16)25-4-2)22-18(23)11-21-15-7-5-12(19)9-14(15)20/h5-10,21H,3-4,11H2,1-2H3,(H,22,23). The maximum Gasteiger partial charge on any atom is 0.243 e. The Hall–Kier alpha value is -2.47. The Morgan fingerprint density at radius 2 is 1.80 bits per heavy atom. The predicted octanol–water partition coefficient (Wildman–Crippen LogP) is 4.33. The van der Waals surface area contributed by atoms with Gasteiger partial charge in [0.2, 0.25) is 5.91 Å². The summed E-state index contributed by atoms with van der Waals surface area (Å²) in [4.78, 5) is 12.0. The molecule has 0 fully saturated rings. The molecule has 0 aliphatic heterocycles. The van der Waals surface area contributed by atoms with E-state index in [4.69, 9.17) is 21.1 Å². The molecular weight excluding hydrogens is 347 g/mol. The van der Waals surface area contributed by atoms with Crippen LogP contribution in [0.5, 0.6) is 11.5 Å². The second kappa shape index (κ2) is 9.13. The van der Waals surface area contributed by atoms with Crippen molar-refractivity contribution in [3.05, 3.63) is 47.2 Å². The van der Waals surface area contributed by atoms with E-state index < -0.39 is 5.82 Å². The number of ether oxygens (including phenoxy) is 2. The number of amides is 1. The lowest BCUT2D eigenvalue weighted by molar-refractivity contribution is -0.114. The molecule has 0 aliphatic carbocycles. The van der Waals surface area contributed by atoms with Gasteiger partial charge in [0.15, 0.2) is 11.5 Å². The summed E-state index contributed by atoms with van der Waals surface area (Å²) in [5, 5.41) is 5.75. The fourth-order valence-corrected chi connectivity index (χ4v) is 2.30. The third-order valence-electron chi connectivity index (χ3n) is 3.20. The second-order valence-electron chi connectivity index (χ2n) is 5.05. The summed E-state index contributed by atoms with van der Waals surface area (Å²) in [6.07, 6.45) is 0. The Kier molecular flexibility index (Phi) is 6.89. The molecule has 2 aromatic rings. The topological polar surface area (TPSA) is 59.6 Å². The summed E-state index contributed by atoms with van der Waals surface area (Å²) in [6, 6.07) is 9.35. The van der Waals surface area contributed by atoms with Gasteiger partial charge in [0.1, 0.15) is 5.82 Å². The van der Waals surface area contributed by atoms with Crippen LogP contribution in [-0.2, 0) is 4.79 Å². The van der Waals surface area contributed by atoms with Crippen molar-refractivity contribution in [1.29, 1.82) is 0 Å². The van der Waals surface area contributed by atoms with Crippen molar-refractivity contribution in [2.24, 2.45) is 0 Å². The summed E-state index contributed by atoms with van der Waals surface area (Å²) >= 11 is 5.69. The third kappa shape index (κ3) is 5.53. The first kappa shape index (κ1) is 18.9. The van der Waals surface area contributed by atoms with Crippen molar-refractivity contribution in [3.63, 3.8) is 0 Å². The molecule has 2 aromatic carbocycles. The summed E-state index contributed by atoms with van der Waals surface area (Å²) in [5.74, 6) is 0.337. The zero-order valence-corrected chi connectivity index (χ0v) is 14.8. The average molecular weight is 367 g/mol. The largest absolute Gasteiger partial charge is 0.490 e. The third-order valence-corrected chi connectivity index (χ3v) is 3.43. The Labute approximate surface area is 151 Å². The quantitative estimate of drug-likeness (QED) is 0.730. The smallest absolute Gasteiger partial charge is 0.243 e. The molecule has 0 bridgehead atoms. The minimum Gasteiger partial charge on any atom is -0.490 e. The van der Waals surface area contributed by atoms with E-state index in [9.17, 15) is 9.18 Å². The molecule has 2 rings (SSSR count). The van der Waals surface area contributed by atoms with Gasteiger partial charge in [0, 0.05) is 16.8 Å². The SMILES string of the molecule is CCOc1ccc(NC(=O)CNc2ccc(Cl)cc2F)cc1OCC. The normalized spacial score (nSPS) is 10.2. The number of benzene rings is 2. The van der Waals surface area contributed by atoms with Crippen molar-refractivity contribution in [1.82, 2.24) is 0 Å². The van der Waals surface area contributed by atoms with Gasteiger partial charge >= 0.3 is 0 Å². The first-order chi connectivity index (χ1) is 12.0. The van der Waals surface area contributed by atoms with Gasteiger partial charge in [-0.15, -0.1) is 0 Å². The highest BCUT2D eigenvalue weighted by molar-refractivity contribution is 6.30. The zero-order chi connectivity index (χ0) is 18.2. The lowest BCUT2D eigenvalue weighted by Crippen LogP contribution is -2.22. The molecule has 7 heteroatoms. The minimum absolute atomic E-state index is 0.0876. The summed E-state index contributed by atoms with van der Waals surface area (Å²) in [6.45, 7) is 4.66. The van der Waals surface area contributed by atoms with Crippen LogP contribution >= 0.6 is 11.6 Å². The number of nitrogens with one attached hydrogen (secondary N) is 2. The highest BCUT2D eigenvalue weighted by atomic mass is 35.5. The van der Waals surface area contributed by atoms with E-state index >= 15 is 0 Å². The van der Waals surface area contributed by atoms with Crippen molar-refractivity contribution >= 4 is 28.9 Å². The molecule has 5 nitrogen and oxygen atoms in total. The van der Waals surface area contributed by atoms with Crippen LogP contribution in [0.25, 0.3) is 0 Å². The van der Waals surface area contributed by atoms with Crippen LogP contribution in [0.4, 0.5) is 15.8 Å². The number of hydrogen-bond acceptors (Lipinski definition) is 4. The molecule has 0 aliphatic rings. The number of anilines is 2. The molecule has 25 heavy (non-hydrogen) atoms. The van der Waals surface area contributed by atoms with E-state index in [2.05, 4.69) is 10.6 Å². The van der Waals surface area contributed by atoms with Crippen LogP contribution in [0, 0.1) is 5.82 Å². The van der Waals surface area contributed by atoms with Crippen LogP contribution in [-0.4, -0.2) is 25.7 Å². The Morgan fingerprint density at radius 3 is 2.48 bits per heavy atom. The second-order valence-corrected chi connectivity index (χ2v) is 5.49. The highest BCUT2D eigenvalue weighted by Crippen LogP contribution is 2.30. The first-order valence-electron chi connectivity index (χ1n) is 7.92. The molecule has 0 spiro atoms. The van der Waals surface area contributed by atoms with Gasteiger partial charge < -0.3 is 20.1 Å². The van der Waals surface area contributed by atoms with E-state index in [-0.39, 0.29) is 18.1 Å². The molecule has 134 valence electrons. The summed E-state index contributed by atoms with van der Waals surface area (Å²) in [7, 11) is 0. The fraction of sp³-hybridized carbons (Fsp3) is 0.278. The number of carbonyl (C=O) groups is 1. The van der Waals surface area contributed by atoms with Gasteiger partial charge in [-0.3, -0.25) is 4.79 Å². The monoisotopic (exact) mass is 366 g/mol. The molecule has 0 heterocycles. The number of halogens is 2. The van der Waals surface area contributed by atoms with Crippen LogP contribution in [0.15, 0.2) is 36.4 Å². The number of rotatable bonds is 8. The molecule has 0 saturated heterocycles. The van der Waals surface area contributed by atoms with Crippen molar-refractivity contribution in [2.45, 2.75) is 13.8 Å². The summed E-state index contributed by atoms with van der Waals surface area (Å²) in [5.41, 5.74) is 0.775. The fourth-order valence-electron chi connectivity index (χ4n) is 2.14. The van der Waals surface area contributed by atoms with Crippen LogP contribution < -0.4 is 20.1 Å². The van der Waals surface area contributed by atoms with Crippen LogP contribution in [0.2, 0.25) is 5.02 Å². The molecule has 1 amide bonds. The average Bonchev–Trinajstić information content (AvgIpc) is 2.57. The van der Waals surface area contributed by atoms with Gasteiger partial charge in [0.05, 0.1) is 25.4 Å². The molecular formula is C18H20ClFN2O3. The van der Waals surface area contributed by atoms with Gasteiger partial charge in [-0.2, -0.15) is 0 Å². The van der Waals surface area contributed by atoms with E-state index in [0.717, 1.165) is 0 Å². The molecule has 0 radical (unpaired) electrons. The van der Waals surface area contributed by atoms with Crippen molar-refractivity contribution in [3.8, 4) is 11.5 Å². The number of hydrogen-bond donors (Lipinski definition) is 2. The summed E-state index contributed by atoms with van der Waals surface area (Å²) < 4.78 is 24.7. The van der Waals surface area contributed by atoms with E-state index in [1.165, 1.54) is 12.1 Å². The van der Waals surface area contributed by atoms with E-state index in [0.29, 0.717) is 35.4 Å². The van der Waals surface area contributed by atoms with E-state index in [1.807, 2.05) is 13.8 Å². The minimum atomic E-state index is -0.514. The molecule has 2 N–H and O–H groups in total. The molecule has 0 saturated carbocycles. The van der Waals surface area contributed by atoms with Gasteiger partial charge in [-0.1, -0.05) is 11.6 Å². The Balaban J connectivity index is 1.98. The van der Waals surface area contributed by atoms with Gasteiger partial charge in [0.25, 0.3) is 0 Å².